The van der Waals surface area contributed by atoms with Crippen LogP contribution in [0.2, 0.25) is 0 Å². The molecule has 1 fully saturated rings. The zero-order valence-electron chi connectivity index (χ0n) is 11.3. The molecule has 1 aliphatic rings. The zero-order chi connectivity index (χ0) is 13.2. The van der Waals surface area contributed by atoms with E-state index in [9.17, 15) is 0 Å². The van der Waals surface area contributed by atoms with Gasteiger partial charge in [-0.15, -0.1) is 0 Å². The highest BCUT2D eigenvalue weighted by molar-refractivity contribution is 5.56. The van der Waals surface area contributed by atoms with Crippen molar-refractivity contribution in [2.45, 2.75) is 39.2 Å². The van der Waals surface area contributed by atoms with E-state index in [4.69, 9.17) is 8.94 Å². The summed E-state index contributed by atoms with van der Waals surface area (Å²) in [5.74, 6) is 2.86. The first kappa shape index (κ1) is 12.4. The first-order valence-corrected chi connectivity index (χ1v) is 6.89. The molecule has 3 heterocycles. The van der Waals surface area contributed by atoms with Gasteiger partial charge in [0.15, 0.2) is 0 Å². The Morgan fingerprint density at radius 1 is 1.47 bits per heavy atom. The Balaban J connectivity index is 1.79. The molecule has 2 aromatic heterocycles. The monoisotopic (exact) mass is 261 g/mol. The lowest BCUT2D eigenvalue weighted by molar-refractivity contribution is 0.246. The number of hydrogen-bond acceptors (Lipinski definition) is 5. The predicted octanol–water partition coefficient (Wildman–Crippen LogP) is 3.09. The molecule has 0 aliphatic carbocycles. The van der Waals surface area contributed by atoms with Crippen LogP contribution in [-0.2, 0) is 0 Å². The molecule has 0 spiro atoms. The molecule has 0 amide bonds. The molecule has 1 N–H and O–H groups in total. The third kappa shape index (κ3) is 2.42. The third-order valence-corrected chi connectivity index (χ3v) is 3.93. The first-order valence-electron chi connectivity index (χ1n) is 6.89. The molecule has 0 aromatic carbocycles. The van der Waals surface area contributed by atoms with E-state index < -0.39 is 0 Å². The van der Waals surface area contributed by atoms with Crippen molar-refractivity contribution in [1.82, 2.24) is 15.5 Å². The van der Waals surface area contributed by atoms with Crippen LogP contribution in [0.15, 0.2) is 21.3 Å². The van der Waals surface area contributed by atoms with Gasteiger partial charge in [-0.2, -0.15) is 4.98 Å². The Morgan fingerprint density at radius 3 is 3.11 bits per heavy atom. The maximum atomic E-state index is 5.41. The number of aromatic nitrogens is 2. The van der Waals surface area contributed by atoms with Crippen molar-refractivity contribution in [3.8, 4) is 11.4 Å². The number of rotatable bonds is 3. The fraction of sp³-hybridized carbons (Fsp3) is 0.571. The molecule has 0 radical (unpaired) electrons. The molecule has 19 heavy (non-hydrogen) atoms. The summed E-state index contributed by atoms with van der Waals surface area (Å²) in [6, 6.07) is 2.06. The summed E-state index contributed by atoms with van der Waals surface area (Å²) in [6.07, 6.45) is 5.16. The second-order valence-corrected chi connectivity index (χ2v) is 5.15. The van der Waals surface area contributed by atoms with E-state index in [0.29, 0.717) is 11.7 Å². The number of furan rings is 1. The van der Waals surface area contributed by atoms with Crippen molar-refractivity contribution in [2.24, 2.45) is 5.92 Å². The van der Waals surface area contributed by atoms with E-state index in [2.05, 4.69) is 22.4 Å². The normalized spacial score (nSPS) is 23.7. The van der Waals surface area contributed by atoms with E-state index in [-0.39, 0.29) is 6.04 Å². The lowest BCUT2D eigenvalue weighted by Crippen LogP contribution is -2.31. The average molecular weight is 261 g/mol. The quantitative estimate of drug-likeness (QED) is 0.919. The van der Waals surface area contributed by atoms with Gasteiger partial charge in [0, 0.05) is 0 Å². The smallest absolute Gasteiger partial charge is 0.244 e. The SMILES string of the molecule is CCC1CCNC(c2nc(-c3ccoc3C)no2)C1. The van der Waals surface area contributed by atoms with Gasteiger partial charge >= 0.3 is 0 Å². The Morgan fingerprint density at radius 2 is 2.37 bits per heavy atom. The van der Waals surface area contributed by atoms with Crippen LogP contribution in [0, 0.1) is 12.8 Å². The van der Waals surface area contributed by atoms with E-state index >= 15 is 0 Å². The molecule has 2 aromatic rings. The third-order valence-electron chi connectivity index (χ3n) is 3.93. The number of piperidine rings is 1. The van der Waals surface area contributed by atoms with Gasteiger partial charge in [0.05, 0.1) is 17.9 Å². The minimum Gasteiger partial charge on any atom is -0.469 e. The molecule has 2 unspecified atom stereocenters. The fourth-order valence-corrected chi connectivity index (χ4v) is 2.66. The number of aryl methyl sites for hydroxylation is 1. The molecule has 0 saturated carbocycles. The fourth-order valence-electron chi connectivity index (χ4n) is 2.66. The highest BCUT2D eigenvalue weighted by atomic mass is 16.5. The molecule has 2 atom stereocenters. The predicted molar refractivity (Wildman–Crippen MR) is 70.5 cm³/mol. The molecule has 5 nitrogen and oxygen atoms in total. The summed E-state index contributed by atoms with van der Waals surface area (Å²) in [5, 5.41) is 7.51. The van der Waals surface area contributed by atoms with Gasteiger partial charge in [0.25, 0.3) is 0 Å². The Hall–Kier alpha value is -1.62. The molecule has 1 saturated heterocycles. The van der Waals surface area contributed by atoms with Crippen LogP contribution >= 0.6 is 0 Å². The Labute approximate surface area is 112 Å². The van der Waals surface area contributed by atoms with Gasteiger partial charge in [-0.05, 0) is 38.3 Å². The minimum absolute atomic E-state index is 0.187. The molecule has 3 rings (SSSR count). The van der Waals surface area contributed by atoms with Crippen LogP contribution in [0.4, 0.5) is 0 Å². The number of nitrogens with zero attached hydrogens (tertiary/aromatic N) is 2. The van der Waals surface area contributed by atoms with Crippen molar-refractivity contribution in [2.75, 3.05) is 6.54 Å². The van der Waals surface area contributed by atoms with E-state index in [0.717, 1.165) is 30.2 Å². The van der Waals surface area contributed by atoms with Crippen molar-refractivity contribution in [3.63, 3.8) is 0 Å². The van der Waals surface area contributed by atoms with E-state index in [1.165, 1.54) is 12.8 Å². The highest BCUT2D eigenvalue weighted by Gasteiger charge is 2.26. The van der Waals surface area contributed by atoms with E-state index in [1.807, 2.05) is 13.0 Å². The van der Waals surface area contributed by atoms with Crippen LogP contribution in [0.1, 0.15) is 43.9 Å². The first-order chi connectivity index (χ1) is 9.28. The molecule has 0 bridgehead atoms. The van der Waals surface area contributed by atoms with Crippen molar-refractivity contribution in [3.05, 3.63) is 24.0 Å². The second kappa shape index (κ2) is 5.17. The van der Waals surface area contributed by atoms with Gasteiger partial charge in [-0.25, -0.2) is 0 Å². The van der Waals surface area contributed by atoms with Crippen molar-refractivity contribution >= 4 is 0 Å². The molecule has 5 heteroatoms. The molecule has 102 valence electrons. The number of hydrogen-bond donors (Lipinski definition) is 1. The maximum Gasteiger partial charge on any atom is 0.244 e. The molecular weight excluding hydrogens is 242 g/mol. The maximum absolute atomic E-state index is 5.41. The topological polar surface area (TPSA) is 64.1 Å². The average Bonchev–Trinajstić information content (AvgIpc) is 3.07. The zero-order valence-corrected chi connectivity index (χ0v) is 11.3. The summed E-state index contributed by atoms with van der Waals surface area (Å²) < 4.78 is 10.7. The lowest BCUT2D eigenvalue weighted by atomic mass is 9.90. The van der Waals surface area contributed by atoms with Gasteiger partial charge < -0.3 is 14.3 Å². The summed E-state index contributed by atoms with van der Waals surface area (Å²) in [5.41, 5.74) is 0.901. The van der Waals surface area contributed by atoms with Gasteiger partial charge in [0.2, 0.25) is 11.7 Å². The summed E-state index contributed by atoms with van der Waals surface area (Å²) in [6.45, 7) is 5.16. The summed E-state index contributed by atoms with van der Waals surface area (Å²) in [7, 11) is 0. The molecule has 1 aliphatic heterocycles. The van der Waals surface area contributed by atoms with Gasteiger partial charge in [0.1, 0.15) is 5.76 Å². The van der Waals surface area contributed by atoms with Crippen molar-refractivity contribution < 1.29 is 8.94 Å². The Bertz CT molecular complexity index is 546. The minimum atomic E-state index is 0.187. The molecular formula is C14H19N3O2. The highest BCUT2D eigenvalue weighted by Crippen LogP contribution is 2.30. The van der Waals surface area contributed by atoms with Crippen LogP contribution in [0.5, 0.6) is 0 Å². The van der Waals surface area contributed by atoms with Gasteiger partial charge in [-0.3, -0.25) is 0 Å². The van der Waals surface area contributed by atoms with Crippen LogP contribution in [-0.4, -0.2) is 16.7 Å². The van der Waals surface area contributed by atoms with Crippen LogP contribution < -0.4 is 5.32 Å². The number of nitrogens with one attached hydrogen (secondary N) is 1. The van der Waals surface area contributed by atoms with Crippen molar-refractivity contribution in [1.29, 1.82) is 0 Å². The Kier molecular flexibility index (Phi) is 3.38. The second-order valence-electron chi connectivity index (χ2n) is 5.15. The summed E-state index contributed by atoms with van der Waals surface area (Å²) >= 11 is 0. The lowest BCUT2D eigenvalue weighted by Gasteiger charge is -2.27. The van der Waals surface area contributed by atoms with Crippen LogP contribution in [0.3, 0.4) is 0 Å². The van der Waals surface area contributed by atoms with Crippen LogP contribution in [0.25, 0.3) is 11.4 Å². The summed E-state index contributed by atoms with van der Waals surface area (Å²) in [4.78, 5) is 4.51. The van der Waals surface area contributed by atoms with Gasteiger partial charge in [-0.1, -0.05) is 18.5 Å². The van der Waals surface area contributed by atoms with E-state index in [1.54, 1.807) is 6.26 Å². The largest absolute Gasteiger partial charge is 0.469 e. The standard InChI is InChI=1S/C14H19N3O2/c1-3-10-4-6-15-12(8-10)14-16-13(17-19-14)11-5-7-18-9(11)2/h5,7,10,12,15H,3-4,6,8H2,1-2H3.